The average Bonchev–Trinajstić information content (AvgIpc) is 2.37. The molecule has 0 saturated heterocycles. The van der Waals surface area contributed by atoms with Gasteiger partial charge < -0.3 is 5.32 Å². The van der Waals surface area contributed by atoms with E-state index >= 15 is 0 Å². The van der Waals surface area contributed by atoms with Gasteiger partial charge in [-0.2, -0.15) is 0 Å². The number of pyridine rings is 1. The van der Waals surface area contributed by atoms with Crippen molar-refractivity contribution in [2.75, 3.05) is 11.9 Å². The van der Waals surface area contributed by atoms with Gasteiger partial charge in [0.25, 0.3) is 0 Å². The molecule has 0 aliphatic heterocycles. The topological polar surface area (TPSA) is 68.1 Å². The molecule has 1 heterocycles. The van der Waals surface area contributed by atoms with Crippen molar-refractivity contribution in [2.24, 2.45) is 0 Å². The minimum absolute atomic E-state index is 0.0321. The van der Waals surface area contributed by atoms with Gasteiger partial charge in [-0.1, -0.05) is 50.6 Å². The maximum absolute atomic E-state index is 10.8. The van der Waals surface area contributed by atoms with Gasteiger partial charge in [-0.05, 0) is 12.5 Å². The lowest BCUT2D eigenvalue weighted by Crippen LogP contribution is -2.06. The first-order valence-corrected chi connectivity index (χ1v) is 7.07. The zero-order valence-corrected chi connectivity index (χ0v) is 11.9. The molecule has 0 atom stereocenters. The van der Waals surface area contributed by atoms with Gasteiger partial charge in [0.15, 0.2) is 0 Å². The van der Waals surface area contributed by atoms with Crippen LogP contribution in [0, 0.1) is 10.1 Å². The maximum atomic E-state index is 10.8. The van der Waals surface area contributed by atoms with E-state index in [-0.39, 0.29) is 16.7 Å². The first-order valence-electron chi connectivity index (χ1n) is 6.70. The Balaban J connectivity index is 2.36. The van der Waals surface area contributed by atoms with Crippen LogP contribution in [0.3, 0.4) is 0 Å². The van der Waals surface area contributed by atoms with Gasteiger partial charge in [-0.15, -0.1) is 0 Å². The first-order chi connectivity index (χ1) is 9.15. The minimum Gasteiger partial charge on any atom is -0.364 e. The molecule has 1 aromatic heterocycles. The van der Waals surface area contributed by atoms with Crippen LogP contribution in [0.4, 0.5) is 11.5 Å². The van der Waals surface area contributed by atoms with Crippen molar-refractivity contribution in [1.29, 1.82) is 0 Å². The Kier molecular flexibility index (Phi) is 7.18. The standard InChI is InChI=1S/C13H20ClN3O2/c1-2-3-4-5-6-7-10-15-13-11(17(18)19)8-9-12(14)16-13/h8-9H,2-7,10H2,1H3,(H,15,16). The molecule has 19 heavy (non-hydrogen) atoms. The van der Waals surface area contributed by atoms with Gasteiger partial charge in [0.05, 0.1) is 4.92 Å². The van der Waals surface area contributed by atoms with Crippen LogP contribution >= 0.6 is 11.6 Å². The molecule has 0 bridgehead atoms. The number of hydrogen-bond acceptors (Lipinski definition) is 4. The summed E-state index contributed by atoms with van der Waals surface area (Å²) in [5.41, 5.74) is -0.0321. The third kappa shape index (κ3) is 5.87. The molecule has 1 aromatic rings. The smallest absolute Gasteiger partial charge is 0.311 e. The second-order valence-electron chi connectivity index (χ2n) is 4.45. The molecule has 6 heteroatoms. The summed E-state index contributed by atoms with van der Waals surface area (Å²) in [7, 11) is 0. The molecule has 1 N–H and O–H groups in total. The Hall–Kier alpha value is -1.36. The number of nitrogens with zero attached hydrogens (tertiary/aromatic N) is 2. The molecule has 0 amide bonds. The van der Waals surface area contributed by atoms with Crippen molar-refractivity contribution in [3.05, 3.63) is 27.4 Å². The van der Waals surface area contributed by atoms with Gasteiger partial charge in [0.2, 0.25) is 5.82 Å². The summed E-state index contributed by atoms with van der Waals surface area (Å²) in [6.45, 7) is 2.87. The fourth-order valence-corrected chi connectivity index (χ4v) is 1.97. The Bertz CT molecular complexity index is 413. The second-order valence-corrected chi connectivity index (χ2v) is 4.84. The number of rotatable bonds is 9. The molecule has 0 saturated carbocycles. The van der Waals surface area contributed by atoms with E-state index < -0.39 is 4.92 Å². The zero-order chi connectivity index (χ0) is 14.1. The van der Waals surface area contributed by atoms with E-state index in [4.69, 9.17) is 11.6 Å². The number of unbranched alkanes of at least 4 members (excludes halogenated alkanes) is 5. The van der Waals surface area contributed by atoms with E-state index in [1.807, 2.05) is 0 Å². The van der Waals surface area contributed by atoms with Crippen LogP contribution in [-0.2, 0) is 0 Å². The van der Waals surface area contributed by atoms with E-state index in [0.29, 0.717) is 6.54 Å². The highest BCUT2D eigenvalue weighted by atomic mass is 35.5. The van der Waals surface area contributed by atoms with E-state index in [0.717, 1.165) is 12.8 Å². The van der Waals surface area contributed by atoms with E-state index in [1.54, 1.807) is 0 Å². The highest BCUT2D eigenvalue weighted by Gasteiger charge is 2.14. The van der Waals surface area contributed by atoms with Gasteiger partial charge >= 0.3 is 5.69 Å². The van der Waals surface area contributed by atoms with Crippen molar-refractivity contribution in [3.63, 3.8) is 0 Å². The average molecular weight is 286 g/mol. The van der Waals surface area contributed by atoms with Gasteiger partial charge in [-0.25, -0.2) is 4.98 Å². The summed E-state index contributed by atoms with van der Waals surface area (Å²) in [5, 5.41) is 14.1. The van der Waals surface area contributed by atoms with Crippen LogP contribution in [0.2, 0.25) is 5.15 Å². The molecule has 0 aliphatic carbocycles. The van der Waals surface area contributed by atoms with Crippen LogP contribution in [0.5, 0.6) is 0 Å². The predicted octanol–water partition coefficient (Wildman–Crippen LogP) is 4.42. The number of nitrogens with one attached hydrogen (secondary N) is 1. The molecule has 0 spiro atoms. The van der Waals surface area contributed by atoms with Crippen molar-refractivity contribution < 1.29 is 4.92 Å². The number of halogens is 1. The highest BCUT2D eigenvalue weighted by molar-refractivity contribution is 6.29. The third-order valence-corrected chi connectivity index (χ3v) is 3.07. The molecule has 5 nitrogen and oxygen atoms in total. The molecule has 1 rings (SSSR count). The molecule has 0 fully saturated rings. The summed E-state index contributed by atoms with van der Waals surface area (Å²) in [4.78, 5) is 14.3. The summed E-state index contributed by atoms with van der Waals surface area (Å²) in [6.07, 6.45) is 7.08. The normalized spacial score (nSPS) is 10.4. The predicted molar refractivity (Wildman–Crippen MR) is 77.8 cm³/mol. The van der Waals surface area contributed by atoms with Crippen LogP contribution in [-0.4, -0.2) is 16.5 Å². The fourth-order valence-electron chi connectivity index (χ4n) is 1.82. The number of aromatic nitrogens is 1. The third-order valence-electron chi connectivity index (χ3n) is 2.86. The molecule has 0 aliphatic rings. The molecule has 0 aromatic carbocycles. The van der Waals surface area contributed by atoms with Crippen molar-refractivity contribution in [2.45, 2.75) is 45.4 Å². The molecular weight excluding hydrogens is 266 g/mol. The number of nitro groups is 1. The monoisotopic (exact) mass is 285 g/mol. The zero-order valence-electron chi connectivity index (χ0n) is 11.2. The maximum Gasteiger partial charge on any atom is 0.311 e. The summed E-state index contributed by atoms with van der Waals surface area (Å²) >= 11 is 5.75. The quantitative estimate of drug-likeness (QED) is 0.316. The molecule has 0 radical (unpaired) electrons. The molecule has 106 valence electrons. The Labute approximate surface area is 118 Å². The van der Waals surface area contributed by atoms with Crippen LogP contribution in [0.1, 0.15) is 45.4 Å². The lowest BCUT2D eigenvalue weighted by atomic mass is 10.1. The van der Waals surface area contributed by atoms with Gasteiger partial charge in [0.1, 0.15) is 5.15 Å². The van der Waals surface area contributed by atoms with E-state index in [2.05, 4.69) is 17.2 Å². The SMILES string of the molecule is CCCCCCCCNc1nc(Cl)ccc1[N+](=O)[O-]. The van der Waals surface area contributed by atoms with Crippen LogP contribution < -0.4 is 5.32 Å². The van der Waals surface area contributed by atoms with E-state index in [9.17, 15) is 10.1 Å². The van der Waals surface area contributed by atoms with Crippen molar-refractivity contribution >= 4 is 23.1 Å². The number of anilines is 1. The largest absolute Gasteiger partial charge is 0.364 e. The first kappa shape index (κ1) is 15.7. The summed E-state index contributed by atoms with van der Waals surface area (Å²) in [6, 6.07) is 2.80. The van der Waals surface area contributed by atoms with Crippen LogP contribution in [0.15, 0.2) is 12.1 Å². The lowest BCUT2D eigenvalue weighted by molar-refractivity contribution is -0.384. The Morgan fingerprint density at radius 3 is 2.63 bits per heavy atom. The van der Waals surface area contributed by atoms with Crippen molar-refractivity contribution in [1.82, 2.24) is 4.98 Å². The van der Waals surface area contributed by atoms with E-state index in [1.165, 1.54) is 37.8 Å². The molecule has 0 unspecified atom stereocenters. The number of hydrogen-bond donors (Lipinski definition) is 1. The summed E-state index contributed by atoms with van der Waals surface area (Å²) < 4.78 is 0. The Morgan fingerprint density at radius 2 is 1.95 bits per heavy atom. The highest BCUT2D eigenvalue weighted by Crippen LogP contribution is 2.23. The lowest BCUT2D eigenvalue weighted by Gasteiger charge is -2.06. The van der Waals surface area contributed by atoms with Gasteiger partial charge in [0, 0.05) is 12.6 Å². The summed E-state index contributed by atoms with van der Waals surface area (Å²) in [5.74, 6) is 0.256. The Morgan fingerprint density at radius 1 is 1.26 bits per heavy atom. The molecular formula is C13H20ClN3O2. The van der Waals surface area contributed by atoms with Crippen molar-refractivity contribution in [3.8, 4) is 0 Å². The van der Waals surface area contributed by atoms with Gasteiger partial charge in [-0.3, -0.25) is 10.1 Å². The fraction of sp³-hybridized carbons (Fsp3) is 0.615. The second kappa shape index (κ2) is 8.69. The van der Waals surface area contributed by atoms with Crippen LogP contribution in [0.25, 0.3) is 0 Å². The minimum atomic E-state index is -0.451.